The SMILES string of the molecule is c1ccc(N(c2ccc(-c3cccc4c3sc3ccccc34)cc2)c2cccc3c2oc2ccccc23)cc1. The fourth-order valence-electron chi connectivity index (χ4n) is 5.68. The molecular weight excluding hydrogens is 494 g/mol. The first-order valence-corrected chi connectivity index (χ1v) is 13.9. The van der Waals surface area contributed by atoms with Gasteiger partial charge in [-0.1, -0.05) is 97.1 Å². The lowest BCUT2D eigenvalue weighted by atomic mass is 10.0. The molecule has 6 aromatic carbocycles. The van der Waals surface area contributed by atoms with E-state index in [1.807, 2.05) is 23.5 Å². The van der Waals surface area contributed by atoms with Crippen molar-refractivity contribution in [1.29, 1.82) is 0 Å². The highest BCUT2D eigenvalue weighted by atomic mass is 32.1. The smallest absolute Gasteiger partial charge is 0.159 e. The molecule has 2 nitrogen and oxygen atoms in total. The first-order chi connectivity index (χ1) is 19.3. The minimum absolute atomic E-state index is 0.890. The molecule has 0 saturated carbocycles. The summed E-state index contributed by atoms with van der Waals surface area (Å²) in [5.41, 5.74) is 7.47. The number of hydrogen-bond donors (Lipinski definition) is 0. The van der Waals surface area contributed by atoms with Crippen LogP contribution < -0.4 is 4.90 Å². The first kappa shape index (κ1) is 22.2. The van der Waals surface area contributed by atoms with Gasteiger partial charge in [0.2, 0.25) is 0 Å². The Bertz CT molecular complexity index is 2120. The zero-order valence-electron chi connectivity index (χ0n) is 21.0. The highest BCUT2D eigenvalue weighted by Gasteiger charge is 2.19. The standard InChI is InChI=1S/C36H23NOS/c1-2-10-25(11-3-1)37(32-17-9-15-30-28-12-4-6-18-33(28)38-35(30)32)26-22-20-24(21-23-26)27-14-8-16-31-29-13-5-7-19-34(29)39-36(27)31/h1-23H. The lowest BCUT2D eigenvalue weighted by Gasteiger charge is -2.25. The molecule has 0 radical (unpaired) electrons. The molecule has 0 fully saturated rings. The number of fused-ring (bicyclic) bond motifs is 6. The molecule has 0 bridgehead atoms. The van der Waals surface area contributed by atoms with Gasteiger partial charge >= 0.3 is 0 Å². The van der Waals surface area contributed by atoms with E-state index < -0.39 is 0 Å². The predicted molar refractivity (Wildman–Crippen MR) is 167 cm³/mol. The Kier molecular flexibility index (Phi) is 5.04. The molecule has 3 heteroatoms. The summed E-state index contributed by atoms with van der Waals surface area (Å²) in [5.74, 6) is 0. The topological polar surface area (TPSA) is 16.4 Å². The molecule has 0 spiro atoms. The van der Waals surface area contributed by atoms with Crippen LogP contribution in [0.5, 0.6) is 0 Å². The van der Waals surface area contributed by atoms with Gasteiger partial charge in [0.05, 0.1) is 5.69 Å². The van der Waals surface area contributed by atoms with Crippen molar-refractivity contribution in [1.82, 2.24) is 0 Å². The number of thiophene rings is 1. The summed E-state index contributed by atoms with van der Waals surface area (Å²) in [6.45, 7) is 0. The number of furan rings is 1. The molecule has 0 aliphatic carbocycles. The number of para-hydroxylation sites is 3. The Morgan fingerprint density at radius 1 is 0.487 bits per heavy atom. The van der Waals surface area contributed by atoms with E-state index in [0.717, 1.165) is 39.0 Å². The maximum absolute atomic E-state index is 6.44. The van der Waals surface area contributed by atoms with E-state index in [4.69, 9.17) is 4.42 Å². The van der Waals surface area contributed by atoms with Gasteiger partial charge in [-0.15, -0.1) is 11.3 Å². The zero-order chi connectivity index (χ0) is 25.8. The number of nitrogens with zero attached hydrogens (tertiary/aromatic N) is 1. The maximum Gasteiger partial charge on any atom is 0.159 e. The molecule has 0 amide bonds. The van der Waals surface area contributed by atoms with Crippen molar-refractivity contribution in [2.24, 2.45) is 0 Å². The van der Waals surface area contributed by atoms with Crippen molar-refractivity contribution in [3.8, 4) is 11.1 Å². The zero-order valence-corrected chi connectivity index (χ0v) is 21.9. The van der Waals surface area contributed by atoms with Crippen molar-refractivity contribution < 1.29 is 4.42 Å². The van der Waals surface area contributed by atoms with Crippen LogP contribution in [0.25, 0.3) is 53.2 Å². The summed E-state index contributed by atoms with van der Waals surface area (Å²) in [5, 5.41) is 4.90. The van der Waals surface area contributed by atoms with Crippen LogP contribution in [0.4, 0.5) is 17.1 Å². The predicted octanol–water partition coefficient (Wildman–Crippen LogP) is 11.1. The molecule has 0 aliphatic heterocycles. The van der Waals surface area contributed by atoms with Crippen molar-refractivity contribution in [3.63, 3.8) is 0 Å². The third-order valence-corrected chi connectivity index (χ3v) is 8.70. The summed E-state index contributed by atoms with van der Waals surface area (Å²) >= 11 is 1.87. The number of rotatable bonds is 4. The molecule has 0 saturated heterocycles. The quantitative estimate of drug-likeness (QED) is 0.231. The minimum atomic E-state index is 0.890. The third kappa shape index (κ3) is 3.55. The number of benzene rings is 6. The Morgan fingerprint density at radius 3 is 2.03 bits per heavy atom. The van der Waals surface area contributed by atoms with Crippen LogP contribution in [-0.4, -0.2) is 0 Å². The Hall–Kier alpha value is -4.86. The van der Waals surface area contributed by atoms with Gasteiger partial charge in [0.1, 0.15) is 5.58 Å². The largest absolute Gasteiger partial charge is 0.454 e. The fourth-order valence-corrected chi connectivity index (χ4v) is 6.92. The Morgan fingerprint density at radius 2 is 1.15 bits per heavy atom. The van der Waals surface area contributed by atoms with Gasteiger partial charge in [-0.25, -0.2) is 0 Å². The van der Waals surface area contributed by atoms with Crippen LogP contribution in [0, 0.1) is 0 Å². The third-order valence-electron chi connectivity index (χ3n) is 7.48. The fraction of sp³-hybridized carbons (Fsp3) is 0. The molecule has 184 valence electrons. The molecule has 2 aromatic heterocycles. The number of anilines is 3. The van der Waals surface area contributed by atoms with Crippen LogP contribution >= 0.6 is 11.3 Å². The van der Waals surface area contributed by atoms with E-state index in [9.17, 15) is 0 Å². The van der Waals surface area contributed by atoms with Gasteiger partial charge in [0, 0.05) is 42.3 Å². The lowest BCUT2D eigenvalue weighted by Crippen LogP contribution is -2.10. The lowest BCUT2D eigenvalue weighted by molar-refractivity contribution is 0.669. The van der Waals surface area contributed by atoms with Gasteiger partial charge in [0.25, 0.3) is 0 Å². The second kappa shape index (κ2) is 8.87. The van der Waals surface area contributed by atoms with E-state index in [1.54, 1.807) is 0 Å². The van der Waals surface area contributed by atoms with Crippen LogP contribution in [0.3, 0.4) is 0 Å². The Labute approximate surface area is 230 Å². The van der Waals surface area contributed by atoms with E-state index in [1.165, 1.54) is 31.3 Å². The first-order valence-electron chi connectivity index (χ1n) is 13.1. The van der Waals surface area contributed by atoms with Gasteiger partial charge in [0.15, 0.2) is 5.58 Å². The van der Waals surface area contributed by atoms with Gasteiger partial charge in [-0.2, -0.15) is 0 Å². The maximum atomic E-state index is 6.44. The summed E-state index contributed by atoms with van der Waals surface area (Å²) in [4.78, 5) is 2.29. The average molecular weight is 518 g/mol. The highest BCUT2D eigenvalue weighted by molar-refractivity contribution is 7.26. The summed E-state index contributed by atoms with van der Waals surface area (Å²) in [6.07, 6.45) is 0. The van der Waals surface area contributed by atoms with Gasteiger partial charge < -0.3 is 9.32 Å². The van der Waals surface area contributed by atoms with Gasteiger partial charge in [-0.05, 0) is 53.6 Å². The highest BCUT2D eigenvalue weighted by Crippen LogP contribution is 2.43. The monoisotopic (exact) mass is 517 g/mol. The molecule has 8 aromatic rings. The summed E-state index contributed by atoms with van der Waals surface area (Å²) < 4.78 is 9.09. The van der Waals surface area contributed by atoms with Crippen LogP contribution in [0.2, 0.25) is 0 Å². The second-order valence-corrected chi connectivity index (χ2v) is 10.8. The normalized spacial score (nSPS) is 11.6. The van der Waals surface area contributed by atoms with Crippen molar-refractivity contribution in [2.75, 3.05) is 4.90 Å². The summed E-state index contributed by atoms with van der Waals surface area (Å²) in [6, 6.07) is 49.4. The number of hydrogen-bond acceptors (Lipinski definition) is 3. The van der Waals surface area contributed by atoms with Crippen molar-refractivity contribution in [3.05, 3.63) is 140 Å². The van der Waals surface area contributed by atoms with Crippen molar-refractivity contribution in [2.45, 2.75) is 0 Å². The van der Waals surface area contributed by atoms with Crippen molar-refractivity contribution >= 4 is 70.5 Å². The molecule has 0 aliphatic rings. The van der Waals surface area contributed by atoms with E-state index >= 15 is 0 Å². The average Bonchev–Trinajstić information content (AvgIpc) is 3.57. The van der Waals surface area contributed by atoms with E-state index in [2.05, 4.69) is 132 Å². The summed E-state index contributed by atoms with van der Waals surface area (Å²) in [7, 11) is 0. The molecule has 8 rings (SSSR count). The van der Waals surface area contributed by atoms with Crippen LogP contribution in [0.1, 0.15) is 0 Å². The molecular formula is C36H23NOS. The molecule has 0 unspecified atom stereocenters. The Balaban J connectivity index is 1.29. The molecule has 2 heterocycles. The minimum Gasteiger partial charge on any atom is -0.454 e. The van der Waals surface area contributed by atoms with E-state index in [-0.39, 0.29) is 0 Å². The van der Waals surface area contributed by atoms with Crippen LogP contribution in [-0.2, 0) is 0 Å². The van der Waals surface area contributed by atoms with Gasteiger partial charge in [-0.3, -0.25) is 0 Å². The van der Waals surface area contributed by atoms with E-state index in [0.29, 0.717) is 0 Å². The molecule has 0 atom stereocenters. The molecule has 39 heavy (non-hydrogen) atoms. The molecule has 0 N–H and O–H groups in total. The van der Waals surface area contributed by atoms with Crippen LogP contribution in [0.15, 0.2) is 144 Å². The second-order valence-electron chi connectivity index (χ2n) is 9.75.